The van der Waals surface area contributed by atoms with E-state index in [4.69, 9.17) is 4.74 Å². The molecule has 0 aliphatic rings. The quantitative estimate of drug-likeness (QED) is 0.755. The van der Waals surface area contributed by atoms with Gasteiger partial charge in [-0.15, -0.1) is 11.3 Å². The van der Waals surface area contributed by atoms with Gasteiger partial charge in [0.2, 0.25) is 0 Å². The summed E-state index contributed by atoms with van der Waals surface area (Å²) in [5.74, 6) is 0.611. The Bertz CT molecular complexity index is 843. The molecule has 0 aliphatic heterocycles. The Kier molecular flexibility index (Phi) is 4.73. The van der Waals surface area contributed by atoms with Crippen molar-refractivity contribution in [1.82, 2.24) is 15.1 Å². The second-order valence-corrected chi connectivity index (χ2v) is 6.29. The van der Waals surface area contributed by atoms with E-state index >= 15 is 0 Å². The lowest BCUT2D eigenvalue weighted by molar-refractivity contribution is 0.201. The van der Waals surface area contributed by atoms with Gasteiger partial charge in [-0.05, 0) is 31.1 Å². The molecule has 0 saturated heterocycles. The molecular weight excluding hydrogens is 310 g/mol. The van der Waals surface area contributed by atoms with Gasteiger partial charge in [0.1, 0.15) is 11.9 Å². The molecule has 5 nitrogen and oxygen atoms in total. The zero-order chi connectivity index (χ0) is 16.2. The van der Waals surface area contributed by atoms with E-state index < -0.39 is 0 Å². The van der Waals surface area contributed by atoms with Crippen molar-refractivity contribution in [3.05, 3.63) is 57.1 Å². The van der Waals surface area contributed by atoms with E-state index in [9.17, 15) is 4.79 Å². The number of rotatable bonds is 6. The van der Waals surface area contributed by atoms with Crippen LogP contribution in [0.15, 0.2) is 46.7 Å². The van der Waals surface area contributed by atoms with Crippen LogP contribution in [0.25, 0.3) is 10.8 Å². The molecule has 3 rings (SSSR count). The summed E-state index contributed by atoms with van der Waals surface area (Å²) in [7, 11) is 3.57. The van der Waals surface area contributed by atoms with Gasteiger partial charge in [-0.3, -0.25) is 4.79 Å². The Hall–Kier alpha value is -2.18. The first kappa shape index (κ1) is 15.7. The first-order chi connectivity index (χ1) is 11.2. The number of benzene rings is 1. The maximum absolute atomic E-state index is 12.4. The van der Waals surface area contributed by atoms with Crippen molar-refractivity contribution in [2.75, 3.05) is 13.6 Å². The molecule has 3 aromatic rings. The second kappa shape index (κ2) is 6.93. The van der Waals surface area contributed by atoms with Crippen LogP contribution in [-0.4, -0.2) is 23.4 Å². The third kappa shape index (κ3) is 3.28. The Labute approximate surface area is 138 Å². The fourth-order valence-electron chi connectivity index (χ4n) is 2.51. The maximum atomic E-state index is 12.4. The smallest absolute Gasteiger partial charge is 0.278 e. The van der Waals surface area contributed by atoms with Gasteiger partial charge >= 0.3 is 0 Å². The highest BCUT2D eigenvalue weighted by molar-refractivity contribution is 7.10. The number of hydrogen-bond acceptors (Lipinski definition) is 5. The fourth-order valence-corrected chi connectivity index (χ4v) is 3.30. The van der Waals surface area contributed by atoms with Crippen molar-refractivity contribution in [2.45, 2.75) is 12.5 Å². The fraction of sp³-hybridized carbons (Fsp3) is 0.294. The Morgan fingerprint density at radius 1 is 1.35 bits per heavy atom. The van der Waals surface area contributed by atoms with E-state index in [1.165, 1.54) is 4.68 Å². The Morgan fingerprint density at radius 3 is 2.96 bits per heavy atom. The van der Waals surface area contributed by atoms with E-state index in [0.717, 1.165) is 23.2 Å². The average molecular weight is 329 g/mol. The maximum Gasteiger partial charge on any atom is 0.278 e. The van der Waals surface area contributed by atoms with Crippen molar-refractivity contribution < 1.29 is 4.74 Å². The predicted octanol–water partition coefficient (Wildman–Crippen LogP) is 2.72. The summed E-state index contributed by atoms with van der Waals surface area (Å²) in [5, 5.41) is 10.6. The molecular formula is C17H19N3O2S. The molecule has 1 aromatic carbocycles. The molecule has 0 saturated carbocycles. The summed E-state index contributed by atoms with van der Waals surface area (Å²) >= 11 is 1.66. The van der Waals surface area contributed by atoms with Crippen LogP contribution in [0.1, 0.15) is 17.4 Å². The van der Waals surface area contributed by atoms with Crippen LogP contribution in [0.4, 0.5) is 0 Å². The molecule has 2 aromatic heterocycles. The minimum absolute atomic E-state index is 0.0779. The van der Waals surface area contributed by atoms with Gasteiger partial charge < -0.3 is 10.1 Å². The van der Waals surface area contributed by atoms with E-state index in [2.05, 4.69) is 16.5 Å². The zero-order valence-electron chi connectivity index (χ0n) is 13.2. The van der Waals surface area contributed by atoms with Crippen molar-refractivity contribution >= 4 is 22.1 Å². The van der Waals surface area contributed by atoms with Gasteiger partial charge in [0, 0.05) is 23.7 Å². The zero-order valence-corrected chi connectivity index (χ0v) is 14.0. The minimum atomic E-state index is -0.142. The third-order valence-corrected chi connectivity index (χ3v) is 4.69. The molecule has 23 heavy (non-hydrogen) atoms. The summed E-state index contributed by atoms with van der Waals surface area (Å²) in [5.41, 5.74) is -0.142. The van der Waals surface area contributed by atoms with Crippen LogP contribution in [0.2, 0.25) is 0 Å². The monoisotopic (exact) mass is 329 g/mol. The molecule has 0 spiro atoms. The highest BCUT2D eigenvalue weighted by Gasteiger charge is 2.17. The summed E-state index contributed by atoms with van der Waals surface area (Å²) in [6, 6.07) is 9.70. The normalized spacial score (nSPS) is 12.4. The first-order valence-electron chi connectivity index (χ1n) is 7.50. The number of nitrogens with zero attached hydrogens (tertiary/aromatic N) is 2. The second-order valence-electron chi connectivity index (χ2n) is 5.31. The lowest BCUT2D eigenvalue weighted by atomic mass is 10.1. The molecule has 6 heteroatoms. The van der Waals surface area contributed by atoms with E-state index in [-0.39, 0.29) is 11.7 Å². The van der Waals surface area contributed by atoms with Gasteiger partial charge in [0.25, 0.3) is 5.56 Å². The van der Waals surface area contributed by atoms with E-state index in [1.54, 1.807) is 24.6 Å². The number of aromatic nitrogens is 2. The van der Waals surface area contributed by atoms with Gasteiger partial charge in [0.05, 0.1) is 11.6 Å². The number of thiophene rings is 1. The standard InChI is InChI=1S/C17H19N3O2S/c1-18-9-8-13(15-7-4-10-23-15)22-14-6-3-5-12-11-19-20(2)17(21)16(12)14/h3-7,10-11,13,18H,8-9H2,1-2H3/t13-/m0/s1. The average Bonchev–Trinajstić information content (AvgIpc) is 3.09. The van der Waals surface area contributed by atoms with Gasteiger partial charge in [-0.1, -0.05) is 18.2 Å². The largest absolute Gasteiger partial charge is 0.484 e. The first-order valence-corrected chi connectivity index (χ1v) is 8.38. The molecule has 0 fully saturated rings. The van der Waals surface area contributed by atoms with Gasteiger partial charge in [0.15, 0.2) is 0 Å². The number of ether oxygens (including phenoxy) is 1. The summed E-state index contributed by atoms with van der Waals surface area (Å²) < 4.78 is 7.58. The van der Waals surface area contributed by atoms with Gasteiger partial charge in [-0.25, -0.2) is 4.68 Å². The highest BCUT2D eigenvalue weighted by atomic mass is 32.1. The number of hydrogen-bond donors (Lipinski definition) is 1. The lowest BCUT2D eigenvalue weighted by Crippen LogP contribution is -2.21. The van der Waals surface area contributed by atoms with Crippen LogP contribution >= 0.6 is 11.3 Å². The van der Waals surface area contributed by atoms with Crippen LogP contribution in [0.3, 0.4) is 0 Å². The summed E-state index contributed by atoms with van der Waals surface area (Å²) in [4.78, 5) is 13.6. The number of fused-ring (bicyclic) bond motifs is 1. The highest BCUT2D eigenvalue weighted by Crippen LogP contribution is 2.31. The predicted molar refractivity (Wildman–Crippen MR) is 93.2 cm³/mol. The van der Waals surface area contributed by atoms with E-state index in [1.807, 2.05) is 36.7 Å². The van der Waals surface area contributed by atoms with Crippen molar-refractivity contribution in [3.8, 4) is 5.75 Å². The number of aryl methyl sites for hydroxylation is 1. The molecule has 0 aliphatic carbocycles. The Balaban J connectivity index is 2.02. The summed E-state index contributed by atoms with van der Waals surface area (Å²) in [6.07, 6.45) is 2.45. The minimum Gasteiger partial charge on any atom is -0.484 e. The van der Waals surface area contributed by atoms with Crippen LogP contribution in [0, 0.1) is 0 Å². The Morgan fingerprint density at radius 2 is 2.22 bits per heavy atom. The third-order valence-electron chi connectivity index (χ3n) is 3.72. The summed E-state index contributed by atoms with van der Waals surface area (Å²) in [6.45, 7) is 0.840. The molecule has 120 valence electrons. The molecule has 0 unspecified atom stereocenters. The molecule has 1 N–H and O–H groups in total. The van der Waals surface area contributed by atoms with Crippen molar-refractivity contribution in [2.24, 2.45) is 7.05 Å². The van der Waals surface area contributed by atoms with Gasteiger partial charge in [-0.2, -0.15) is 5.10 Å². The SMILES string of the molecule is CNCC[C@H](Oc1cccc2cnn(C)c(=O)c12)c1cccs1. The van der Waals surface area contributed by atoms with Crippen LogP contribution in [0.5, 0.6) is 5.75 Å². The van der Waals surface area contributed by atoms with Crippen LogP contribution in [-0.2, 0) is 7.05 Å². The molecule has 0 bridgehead atoms. The number of nitrogens with one attached hydrogen (secondary N) is 1. The molecule has 0 amide bonds. The van der Waals surface area contributed by atoms with Crippen molar-refractivity contribution in [1.29, 1.82) is 0 Å². The van der Waals surface area contributed by atoms with Crippen LogP contribution < -0.4 is 15.6 Å². The van der Waals surface area contributed by atoms with Crippen molar-refractivity contribution in [3.63, 3.8) is 0 Å². The molecule has 1 atom stereocenters. The molecule has 0 radical (unpaired) electrons. The topological polar surface area (TPSA) is 56.1 Å². The van der Waals surface area contributed by atoms with E-state index in [0.29, 0.717) is 11.1 Å². The molecule has 2 heterocycles. The lowest BCUT2D eigenvalue weighted by Gasteiger charge is -2.19.